The number of piperidine rings is 1. The average Bonchev–Trinajstić information content (AvgIpc) is 3.02. The Hall–Kier alpha value is -1.91. The lowest BCUT2D eigenvalue weighted by molar-refractivity contribution is 0.0973. The Labute approximate surface area is 151 Å². The molecule has 2 aromatic rings. The molecule has 25 heavy (non-hydrogen) atoms. The van der Waals surface area contributed by atoms with Crippen LogP contribution >= 0.6 is 0 Å². The number of benzene rings is 1. The van der Waals surface area contributed by atoms with Crippen LogP contribution in [-0.2, 0) is 7.05 Å². The van der Waals surface area contributed by atoms with Crippen molar-refractivity contribution in [1.29, 1.82) is 0 Å². The Morgan fingerprint density at radius 3 is 2.76 bits per heavy atom. The van der Waals surface area contributed by atoms with Crippen molar-refractivity contribution >= 4 is 6.08 Å². The number of nitrogens with zero attached hydrogens (tertiary/aromatic N) is 4. The SMILES string of the molecule is CN(CC=Cc1ccccc1)C[C@@H]1CCCN(C)[C@H]1c1cnn(C)c1. The van der Waals surface area contributed by atoms with E-state index >= 15 is 0 Å². The fourth-order valence-corrected chi connectivity index (χ4v) is 3.98. The molecule has 2 atom stereocenters. The summed E-state index contributed by atoms with van der Waals surface area (Å²) >= 11 is 0. The zero-order valence-corrected chi connectivity index (χ0v) is 15.7. The van der Waals surface area contributed by atoms with E-state index in [-0.39, 0.29) is 0 Å². The van der Waals surface area contributed by atoms with Gasteiger partial charge in [-0.15, -0.1) is 0 Å². The molecule has 3 rings (SSSR count). The molecule has 1 saturated heterocycles. The Balaban J connectivity index is 1.60. The molecule has 0 unspecified atom stereocenters. The molecule has 0 bridgehead atoms. The predicted molar refractivity (Wildman–Crippen MR) is 104 cm³/mol. The van der Waals surface area contributed by atoms with E-state index in [9.17, 15) is 0 Å². The molecule has 2 heterocycles. The van der Waals surface area contributed by atoms with Gasteiger partial charge in [0.2, 0.25) is 0 Å². The highest BCUT2D eigenvalue weighted by Crippen LogP contribution is 2.35. The third-order valence-electron chi connectivity index (χ3n) is 5.15. The van der Waals surface area contributed by atoms with Crippen LogP contribution in [0.15, 0.2) is 48.8 Å². The normalized spacial score (nSPS) is 22.1. The minimum Gasteiger partial charge on any atom is -0.302 e. The van der Waals surface area contributed by atoms with Gasteiger partial charge in [0.15, 0.2) is 0 Å². The maximum absolute atomic E-state index is 4.39. The van der Waals surface area contributed by atoms with Gasteiger partial charge in [-0.25, -0.2) is 0 Å². The molecule has 1 aliphatic heterocycles. The monoisotopic (exact) mass is 338 g/mol. The minimum atomic E-state index is 0.475. The topological polar surface area (TPSA) is 24.3 Å². The first-order valence-electron chi connectivity index (χ1n) is 9.22. The van der Waals surface area contributed by atoms with Crippen molar-refractivity contribution in [2.75, 3.05) is 33.7 Å². The van der Waals surface area contributed by atoms with Crippen LogP contribution in [-0.4, -0.2) is 53.3 Å². The van der Waals surface area contributed by atoms with Crippen molar-refractivity contribution in [2.45, 2.75) is 18.9 Å². The molecule has 0 saturated carbocycles. The summed E-state index contributed by atoms with van der Waals surface area (Å²) < 4.78 is 1.92. The highest BCUT2D eigenvalue weighted by Gasteiger charge is 2.31. The summed E-state index contributed by atoms with van der Waals surface area (Å²) in [6.07, 6.45) is 11.3. The van der Waals surface area contributed by atoms with Crippen LogP contribution in [0.3, 0.4) is 0 Å². The van der Waals surface area contributed by atoms with Crippen molar-refractivity contribution < 1.29 is 0 Å². The summed E-state index contributed by atoms with van der Waals surface area (Å²) in [6.45, 7) is 3.27. The predicted octanol–water partition coefficient (Wildman–Crippen LogP) is 3.45. The van der Waals surface area contributed by atoms with Crippen LogP contribution in [0.25, 0.3) is 6.08 Å². The highest BCUT2D eigenvalue weighted by atomic mass is 15.3. The molecule has 1 aromatic heterocycles. The molecule has 134 valence electrons. The standard InChI is InChI=1S/C21H30N4/c1-23(13-7-11-18-9-5-4-6-10-18)16-19-12-8-14-24(2)21(19)20-15-22-25(3)17-20/h4-7,9-11,15,17,19,21H,8,12-14,16H2,1-3H3/t19-,21+/m0/s1. The summed E-state index contributed by atoms with van der Waals surface area (Å²) in [5.41, 5.74) is 2.62. The first-order chi connectivity index (χ1) is 12.1. The summed E-state index contributed by atoms with van der Waals surface area (Å²) in [7, 11) is 6.48. The van der Waals surface area contributed by atoms with Gasteiger partial charge in [0.05, 0.1) is 6.20 Å². The Morgan fingerprint density at radius 1 is 1.24 bits per heavy atom. The van der Waals surface area contributed by atoms with E-state index in [0.717, 1.165) is 13.1 Å². The van der Waals surface area contributed by atoms with Crippen molar-refractivity contribution in [1.82, 2.24) is 19.6 Å². The van der Waals surface area contributed by atoms with Crippen LogP contribution < -0.4 is 0 Å². The van der Waals surface area contributed by atoms with Gasteiger partial charge >= 0.3 is 0 Å². The van der Waals surface area contributed by atoms with Crippen LogP contribution in [0, 0.1) is 5.92 Å². The molecule has 4 nitrogen and oxygen atoms in total. The second-order valence-electron chi connectivity index (χ2n) is 7.31. The molecular weight excluding hydrogens is 308 g/mol. The van der Waals surface area contributed by atoms with Gasteiger partial charge in [-0.1, -0.05) is 42.5 Å². The second-order valence-corrected chi connectivity index (χ2v) is 7.31. The van der Waals surface area contributed by atoms with Gasteiger partial charge in [0.1, 0.15) is 0 Å². The number of likely N-dealkylation sites (tertiary alicyclic amines) is 1. The summed E-state index contributed by atoms with van der Waals surface area (Å²) in [4.78, 5) is 4.94. The molecule has 0 N–H and O–H groups in total. The molecule has 1 fully saturated rings. The number of rotatable bonds is 6. The van der Waals surface area contributed by atoms with Crippen molar-refractivity contribution in [2.24, 2.45) is 13.0 Å². The van der Waals surface area contributed by atoms with Crippen molar-refractivity contribution in [3.8, 4) is 0 Å². The zero-order chi connectivity index (χ0) is 17.6. The summed E-state index contributed by atoms with van der Waals surface area (Å²) in [5, 5.41) is 4.39. The van der Waals surface area contributed by atoms with Crippen LogP contribution in [0.2, 0.25) is 0 Å². The molecule has 1 aromatic carbocycles. The lowest BCUT2D eigenvalue weighted by atomic mass is 9.86. The Morgan fingerprint density at radius 2 is 2.04 bits per heavy atom. The first kappa shape index (κ1) is 17.9. The quantitative estimate of drug-likeness (QED) is 0.806. The largest absolute Gasteiger partial charge is 0.302 e. The molecule has 4 heteroatoms. The van der Waals surface area contributed by atoms with E-state index in [0.29, 0.717) is 12.0 Å². The Bertz CT molecular complexity index is 676. The van der Waals surface area contributed by atoms with E-state index in [1.54, 1.807) is 0 Å². The molecular formula is C21H30N4. The van der Waals surface area contributed by atoms with Gasteiger partial charge in [-0.3, -0.25) is 9.58 Å². The third-order valence-corrected chi connectivity index (χ3v) is 5.15. The van der Waals surface area contributed by atoms with Gasteiger partial charge < -0.3 is 4.90 Å². The number of hydrogen-bond acceptors (Lipinski definition) is 3. The summed E-state index contributed by atoms with van der Waals surface area (Å²) in [5.74, 6) is 0.651. The van der Waals surface area contributed by atoms with Crippen LogP contribution in [0.1, 0.15) is 30.0 Å². The fraction of sp³-hybridized carbons (Fsp3) is 0.476. The van der Waals surface area contributed by atoms with Crippen molar-refractivity contribution in [3.05, 3.63) is 59.9 Å². The van der Waals surface area contributed by atoms with Gasteiger partial charge in [0, 0.05) is 37.9 Å². The average molecular weight is 338 g/mol. The van der Waals surface area contributed by atoms with Gasteiger partial charge in [0.25, 0.3) is 0 Å². The van der Waals surface area contributed by atoms with Crippen LogP contribution in [0.4, 0.5) is 0 Å². The Kier molecular flexibility index (Phi) is 6.05. The smallest absolute Gasteiger partial charge is 0.0537 e. The lowest BCUT2D eigenvalue weighted by Crippen LogP contribution is -2.41. The van der Waals surface area contributed by atoms with Crippen LogP contribution in [0.5, 0.6) is 0 Å². The summed E-state index contributed by atoms with van der Waals surface area (Å²) in [6, 6.07) is 11.0. The number of aryl methyl sites for hydroxylation is 1. The van der Waals surface area contributed by atoms with Gasteiger partial charge in [-0.2, -0.15) is 5.10 Å². The van der Waals surface area contributed by atoms with E-state index < -0.39 is 0 Å². The molecule has 0 spiro atoms. The highest BCUT2D eigenvalue weighted by molar-refractivity contribution is 5.48. The first-order valence-corrected chi connectivity index (χ1v) is 9.22. The molecule has 0 aliphatic carbocycles. The maximum atomic E-state index is 4.39. The fourth-order valence-electron chi connectivity index (χ4n) is 3.98. The number of aromatic nitrogens is 2. The van der Waals surface area contributed by atoms with E-state index in [1.165, 1.54) is 30.5 Å². The molecule has 1 aliphatic rings. The lowest BCUT2D eigenvalue weighted by Gasteiger charge is -2.40. The zero-order valence-electron chi connectivity index (χ0n) is 15.7. The molecule has 0 radical (unpaired) electrons. The number of hydrogen-bond donors (Lipinski definition) is 0. The number of likely N-dealkylation sites (N-methyl/N-ethyl adjacent to an activating group) is 1. The maximum Gasteiger partial charge on any atom is 0.0537 e. The second kappa shape index (κ2) is 8.45. The van der Waals surface area contributed by atoms with E-state index in [2.05, 4.69) is 77.7 Å². The van der Waals surface area contributed by atoms with E-state index in [1.807, 2.05) is 17.9 Å². The van der Waals surface area contributed by atoms with E-state index in [4.69, 9.17) is 0 Å². The molecule has 0 amide bonds. The van der Waals surface area contributed by atoms with Crippen molar-refractivity contribution in [3.63, 3.8) is 0 Å². The van der Waals surface area contributed by atoms with Gasteiger partial charge in [-0.05, 0) is 45.0 Å². The third kappa shape index (κ3) is 4.80. The minimum absolute atomic E-state index is 0.475.